The molecule has 0 aliphatic heterocycles. The van der Waals surface area contributed by atoms with Crippen LogP contribution >= 0.6 is 11.6 Å². The summed E-state index contributed by atoms with van der Waals surface area (Å²) in [7, 11) is 0. The molecule has 0 fully saturated rings. The Morgan fingerprint density at radius 1 is 1.40 bits per heavy atom. The number of nitrogens with zero attached hydrogens (tertiary/aromatic N) is 3. The molecule has 0 aliphatic carbocycles. The summed E-state index contributed by atoms with van der Waals surface area (Å²) in [6.45, 7) is 5.81. The van der Waals surface area contributed by atoms with Gasteiger partial charge in [0.25, 0.3) is 0 Å². The van der Waals surface area contributed by atoms with Crippen LogP contribution in [0.25, 0.3) is 5.69 Å². The van der Waals surface area contributed by atoms with Crippen LogP contribution in [0, 0.1) is 11.8 Å². The van der Waals surface area contributed by atoms with E-state index in [1.54, 1.807) is 11.0 Å². The zero-order chi connectivity index (χ0) is 14.5. The maximum Gasteiger partial charge on any atom is 0.138 e. The Bertz CT molecular complexity index is 539. The number of nitrogens with one attached hydrogen (secondary N) is 1. The normalized spacial score (nSPS) is 12.7. The number of anilines is 1. The van der Waals surface area contributed by atoms with Crippen molar-refractivity contribution in [1.82, 2.24) is 14.8 Å². The Morgan fingerprint density at radius 3 is 2.80 bits per heavy atom. The molecule has 1 unspecified atom stereocenters. The average molecular weight is 294 g/mol. The van der Waals surface area contributed by atoms with E-state index in [-0.39, 0.29) is 0 Å². The molecule has 6 heteroatoms. The summed E-state index contributed by atoms with van der Waals surface area (Å²) in [5, 5.41) is 8.20. The lowest BCUT2D eigenvalue weighted by atomic mass is 9.96. The fraction of sp³-hybridized carbons (Fsp3) is 0.429. The van der Waals surface area contributed by atoms with Gasteiger partial charge < -0.3 is 11.1 Å². The summed E-state index contributed by atoms with van der Waals surface area (Å²) in [6.07, 6.45) is 3.12. The van der Waals surface area contributed by atoms with Crippen LogP contribution in [-0.2, 0) is 0 Å². The van der Waals surface area contributed by atoms with Crippen molar-refractivity contribution in [1.29, 1.82) is 0 Å². The van der Waals surface area contributed by atoms with E-state index in [0.29, 0.717) is 23.4 Å². The molecule has 0 saturated carbocycles. The highest BCUT2D eigenvalue weighted by Crippen LogP contribution is 2.28. The van der Waals surface area contributed by atoms with Gasteiger partial charge in [-0.2, -0.15) is 5.10 Å². The molecule has 2 aromatic rings. The summed E-state index contributed by atoms with van der Waals surface area (Å²) in [5.74, 6) is 0.944. The number of rotatable bonds is 6. The van der Waals surface area contributed by atoms with Gasteiger partial charge in [-0.25, -0.2) is 9.67 Å². The largest absolute Gasteiger partial charge is 0.383 e. The van der Waals surface area contributed by atoms with Crippen LogP contribution in [0.1, 0.15) is 13.8 Å². The van der Waals surface area contributed by atoms with Crippen molar-refractivity contribution in [3.63, 3.8) is 0 Å². The van der Waals surface area contributed by atoms with Crippen LogP contribution in [0.2, 0.25) is 5.02 Å². The first-order chi connectivity index (χ1) is 9.63. The molecule has 0 radical (unpaired) electrons. The Balaban J connectivity index is 2.22. The molecule has 108 valence electrons. The zero-order valence-corrected chi connectivity index (χ0v) is 12.5. The molecule has 0 aliphatic rings. The van der Waals surface area contributed by atoms with Crippen LogP contribution in [0.15, 0.2) is 30.9 Å². The van der Waals surface area contributed by atoms with Crippen LogP contribution in [0.4, 0.5) is 5.69 Å². The topological polar surface area (TPSA) is 68.8 Å². The van der Waals surface area contributed by atoms with Gasteiger partial charge >= 0.3 is 0 Å². The second kappa shape index (κ2) is 6.72. The smallest absolute Gasteiger partial charge is 0.138 e. The first kappa shape index (κ1) is 14.8. The Labute approximate surface area is 124 Å². The molecule has 5 nitrogen and oxygen atoms in total. The van der Waals surface area contributed by atoms with Crippen LogP contribution in [0.5, 0.6) is 0 Å². The van der Waals surface area contributed by atoms with Crippen LogP contribution < -0.4 is 11.1 Å². The summed E-state index contributed by atoms with van der Waals surface area (Å²) >= 11 is 6.28. The molecule has 20 heavy (non-hydrogen) atoms. The second-order valence-corrected chi connectivity index (χ2v) is 5.50. The number of nitrogens with two attached hydrogens (primary N) is 1. The van der Waals surface area contributed by atoms with E-state index in [2.05, 4.69) is 29.2 Å². The Kier molecular flexibility index (Phi) is 4.98. The van der Waals surface area contributed by atoms with Gasteiger partial charge in [0.1, 0.15) is 18.3 Å². The highest BCUT2D eigenvalue weighted by Gasteiger charge is 2.14. The molecule has 1 aromatic heterocycles. The van der Waals surface area contributed by atoms with Crippen molar-refractivity contribution in [3.8, 4) is 5.69 Å². The zero-order valence-electron chi connectivity index (χ0n) is 11.8. The van der Waals surface area contributed by atoms with Gasteiger partial charge in [0.05, 0.1) is 10.7 Å². The van der Waals surface area contributed by atoms with Gasteiger partial charge in [0, 0.05) is 6.54 Å². The number of aromatic nitrogens is 3. The molecule has 1 atom stereocenters. The van der Waals surface area contributed by atoms with E-state index in [1.807, 2.05) is 18.2 Å². The summed E-state index contributed by atoms with van der Waals surface area (Å²) < 4.78 is 1.66. The molecule has 2 rings (SSSR count). The summed E-state index contributed by atoms with van der Waals surface area (Å²) in [6, 6.07) is 5.74. The average Bonchev–Trinajstić information content (AvgIpc) is 2.92. The van der Waals surface area contributed by atoms with Crippen molar-refractivity contribution >= 4 is 17.3 Å². The second-order valence-electron chi connectivity index (χ2n) is 5.10. The molecule has 0 bridgehead atoms. The fourth-order valence-electron chi connectivity index (χ4n) is 2.05. The summed E-state index contributed by atoms with van der Waals surface area (Å²) in [5.41, 5.74) is 7.55. The first-order valence-corrected chi connectivity index (χ1v) is 7.08. The van der Waals surface area contributed by atoms with E-state index in [1.165, 1.54) is 6.33 Å². The minimum atomic E-state index is 0.414. The van der Waals surface area contributed by atoms with Crippen molar-refractivity contribution in [2.75, 3.05) is 18.4 Å². The maximum atomic E-state index is 6.28. The number of hydrogen-bond acceptors (Lipinski definition) is 4. The third-order valence-corrected chi connectivity index (χ3v) is 3.74. The predicted octanol–water partition coefficient (Wildman–Crippen LogP) is 2.56. The number of para-hydroxylation sites is 1. The van der Waals surface area contributed by atoms with Crippen LogP contribution in [0.3, 0.4) is 0 Å². The van der Waals surface area contributed by atoms with E-state index < -0.39 is 0 Å². The van der Waals surface area contributed by atoms with E-state index in [4.69, 9.17) is 17.3 Å². The Morgan fingerprint density at radius 2 is 2.20 bits per heavy atom. The number of hydrogen-bond donors (Lipinski definition) is 2. The predicted molar refractivity (Wildman–Crippen MR) is 82.2 cm³/mol. The SMILES string of the molecule is CC(C)C(CN)CNc1cccc(Cl)c1-n1cncn1. The first-order valence-electron chi connectivity index (χ1n) is 6.71. The van der Waals surface area contributed by atoms with Gasteiger partial charge in [-0.05, 0) is 30.5 Å². The Hall–Kier alpha value is -1.59. The lowest BCUT2D eigenvalue weighted by Crippen LogP contribution is -2.27. The van der Waals surface area contributed by atoms with Gasteiger partial charge in [0.2, 0.25) is 0 Å². The quantitative estimate of drug-likeness (QED) is 0.859. The fourth-order valence-corrected chi connectivity index (χ4v) is 2.31. The molecule has 0 spiro atoms. The van der Waals surface area contributed by atoms with Crippen molar-refractivity contribution in [2.45, 2.75) is 13.8 Å². The van der Waals surface area contributed by atoms with Gasteiger partial charge in [-0.15, -0.1) is 0 Å². The molecule has 0 amide bonds. The molecular formula is C14H20ClN5. The summed E-state index contributed by atoms with van der Waals surface area (Å²) in [4.78, 5) is 3.97. The maximum absolute atomic E-state index is 6.28. The van der Waals surface area contributed by atoms with E-state index >= 15 is 0 Å². The van der Waals surface area contributed by atoms with Gasteiger partial charge in [0.15, 0.2) is 0 Å². The molecule has 1 heterocycles. The minimum Gasteiger partial charge on any atom is -0.383 e. The highest BCUT2D eigenvalue weighted by atomic mass is 35.5. The van der Waals surface area contributed by atoms with Crippen molar-refractivity contribution in [2.24, 2.45) is 17.6 Å². The standard InChI is InChI=1S/C14H20ClN5/c1-10(2)11(6-16)7-18-13-5-3-4-12(15)14(13)20-9-17-8-19-20/h3-5,8-11,18H,6-7,16H2,1-2H3. The third-order valence-electron chi connectivity index (χ3n) is 3.43. The van der Waals surface area contributed by atoms with E-state index in [9.17, 15) is 0 Å². The molecular weight excluding hydrogens is 274 g/mol. The van der Waals surface area contributed by atoms with Crippen molar-refractivity contribution in [3.05, 3.63) is 35.9 Å². The lowest BCUT2D eigenvalue weighted by Gasteiger charge is -2.21. The lowest BCUT2D eigenvalue weighted by molar-refractivity contribution is 0.413. The molecule has 1 aromatic carbocycles. The molecule has 3 N–H and O–H groups in total. The van der Waals surface area contributed by atoms with Gasteiger partial charge in [-0.1, -0.05) is 31.5 Å². The molecule has 0 saturated heterocycles. The monoisotopic (exact) mass is 293 g/mol. The third kappa shape index (κ3) is 3.29. The number of halogens is 1. The van der Waals surface area contributed by atoms with E-state index in [0.717, 1.165) is 17.9 Å². The van der Waals surface area contributed by atoms with Crippen molar-refractivity contribution < 1.29 is 0 Å². The van der Waals surface area contributed by atoms with Gasteiger partial charge in [-0.3, -0.25) is 0 Å². The minimum absolute atomic E-state index is 0.414. The number of benzene rings is 1. The van der Waals surface area contributed by atoms with Crippen LogP contribution in [-0.4, -0.2) is 27.9 Å². The highest BCUT2D eigenvalue weighted by molar-refractivity contribution is 6.33.